The van der Waals surface area contributed by atoms with E-state index in [1.165, 1.54) is 75.4 Å². The van der Waals surface area contributed by atoms with Crippen molar-refractivity contribution >= 4 is 43.1 Å². The molecule has 0 spiro atoms. The molecule has 2 N–H and O–H groups in total. The van der Waals surface area contributed by atoms with Gasteiger partial charge in [-0.25, -0.2) is 34.4 Å². The highest BCUT2D eigenvalue weighted by molar-refractivity contribution is 7.89. The Morgan fingerprint density at radius 3 is 1.12 bits per heavy atom. The third kappa shape index (κ3) is 17.0. The monoisotopic (exact) mass is 1230 g/mol. The number of sulfonamides is 2. The van der Waals surface area contributed by atoms with Gasteiger partial charge in [-0.05, 0) is 183 Å². The van der Waals surface area contributed by atoms with Crippen LogP contribution in [-0.2, 0) is 42.0 Å². The molecule has 2 heterocycles. The van der Waals surface area contributed by atoms with Gasteiger partial charge in [0.25, 0.3) is 0 Å². The van der Waals surface area contributed by atoms with Crippen molar-refractivity contribution in [1.29, 1.82) is 0 Å². The van der Waals surface area contributed by atoms with Crippen LogP contribution in [0.5, 0.6) is 0 Å². The third-order valence-electron chi connectivity index (χ3n) is 14.7. The highest BCUT2D eigenvalue weighted by Crippen LogP contribution is 2.40. The summed E-state index contributed by atoms with van der Waals surface area (Å²) in [4.78, 5) is 24.9. The van der Waals surface area contributed by atoms with Crippen LogP contribution in [0.1, 0.15) is 97.6 Å². The quantitative estimate of drug-likeness (QED) is 0.0912. The first kappa shape index (κ1) is 63.8. The number of carbonyl (C=O) groups excluding carboxylic acids is 1. The molecule has 2 aliphatic heterocycles. The number of hydrogen-bond donors (Lipinski definition) is 2. The normalized spacial score (nSPS) is 16.2. The molecule has 4 aliphatic rings. The molecule has 0 radical (unpaired) electrons. The van der Waals surface area contributed by atoms with Crippen molar-refractivity contribution in [3.05, 3.63) is 214 Å². The lowest BCUT2D eigenvalue weighted by atomic mass is 9.96. The van der Waals surface area contributed by atoms with Gasteiger partial charge in [0.15, 0.2) is 0 Å². The minimum Gasteiger partial charge on any atom is -0.481 e. The lowest BCUT2D eigenvalue weighted by Gasteiger charge is -2.38. The number of carboxylic acids is 1. The summed E-state index contributed by atoms with van der Waals surface area (Å²) in [5, 5.41) is 12.0. The highest BCUT2D eigenvalue weighted by atomic mass is 32.2. The molecule has 6 aromatic rings. The van der Waals surface area contributed by atoms with E-state index in [1.54, 1.807) is 59.5 Å². The molecule has 2 saturated carbocycles. The summed E-state index contributed by atoms with van der Waals surface area (Å²) in [5.74, 6) is -2.71. The molecule has 10 rings (SSSR count). The predicted octanol–water partition coefficient (Wildman–Crippen LogP) is 13.1. The zero-order valence-corrected chi connectivity index (χ0v) is 47.2. The van der Waals surface area contributed by atoms with Crippen molar-refractivity contribution < 1.29 is 75.4 Å². The maximum absolute atomic E-state index is 13.5. The van der Waals surface area contributed by atoms with Crippen molar-refractivity contribution in [2.45, 2.75) is 111 Å². The van der Waals surface area contributed by atoms with Crippen LogP contribution in [0, 0.1) is 23.3 Å². The number of halogens is 10. The molecule has 1 amide bonds. The van der Waals surface area contributed by atoms with Gasteiger partial charge < -0.3 is 15.3 Å². The number of hydrogen-bond acceptors (Lipinski definition) is 7. The maximum Gasteiger partial charge on any atom is 0.416 e. The van der Waals surface area contributed by atoms with E-state index in [9.17, 15) is 70.3 Å². The minimum atomic E-state index is -4.66. The predicted molar refractivity (Wildman–Crippen MR) is 299 cm³/mol. The molecule has 0 unspecified atom stereocenters. The van der Waals surface area contributed by atoms with E-state index >= 15 is 0 Å². The van der Waals surface area contributed by atoms with Gasteiger partial charge in [0.1, 0.15) is 23.3 Å². The first-order chi connectivity index (χ1) is 40.3. The maximum atomic E-state index is 13.5. The van der Waals surface area contributed by atoms with Crippen molar-refractivity contribution in [3.8, 4) is 0 Å². The molecular weight excluding hydrogens is 1170 g/mol. The lowest BCUT2D eigenvalue weighted by Crippen LogP contribution is -2.49. The van der Waals surface area contributed by atoms with Gasteiger partial charge in [-0.15, -0.1) is 0 Å². The summed E-state index contributed by atoms with van der Waals surface area (Å²) in [6, 6.07) is 29.9. The second-order valence-corrected chi connectivity index (χ2v) is 24.5. The Labute approximate surface area is 486 Å². The Bertz CT molecular complexity index is 3470. The topological polar surface area (TPSA) is 144 Å². The molecule has 0 aromatic heterocycles. The summed E-state index contributed by atoms with van der Waals surface area (Å²) in [6.45, 7) is 2.04. The first-order valence-electron chi connectivity index (χ1n) is 27.4. The fourth-order valence-corrected chi connectivity index (χ4v) is 14.2. The largest absolute Gasteiger partial charge is 0.481 e. The molecule has 11 nitrogen and oxygen atoms in total. The fraction of sp³-hybridized carbons (Fsp3) is 0.323. The van der Waals surface area contributed by atoms with Gasteiger partial charge in [0.05, 0.1) is 27.3 Å². The van der Waals surface area contributed by atoms with Gasteiger partial charge in [-0.3, -0.25) is 9.59 Å². The lowest BCUT2D eigenvalue weighted by molar-refractivity contribution is -0.138. The zero-order chi connectivity index (χ0) is 61.3. The molecule has 4 fully saturated rings. The molecule has 452 valence electrons. The van der Waals surface area contributed by atoms with Gasteiger partial charge in [-0.2, -0.15) is 35.0 Å². The van der Waals surface area contributed by atoms with E-state index in [2.05, 4.69) is 5.32 Å². The average Bonchev–Trinajstić information content (AvgIpc) is 2.01. The first-order valence-corrected chi connectivity index (χ1v) is 30.2. The number of carbonyl (C=O) groups is 2. The number of amides is 1. The van der Waals surface area contributed by atoms with Gasteiger partial charge in [-0.1, -0.05) is 72.8 Å². The highest BCUT2D eigenvalue weighted by Gasteiger charge is 2.46. The third-order valence-corrected chi connectivity index (χ3v) is 18.7. The van der Waals surface area contributed by atoms with Crippen molar-refractivity contribution in [1.82, 2.24) is 18.8 Å². The average molecular weight is 1230 g/mol. The van der Waals surface area contributed by atoms with Crippen LogP contribution in [-0.4, -0.2) is 97.7 Å². The Balaban J connectivity index is 0.000000184. The number of alkyl halides is 6. The van der Waals surface area contributed by atoms with Crippen molar-refractivity contribution in [2.75, 3.05) is 26.2 Å². The number of piperidine rings is 2. The SMILES string of the molecule is O=C(CC=C(c1ccc(F)cc1)c1ccc(F)cc1)N1CCC(N(C2CC2)S(=O)(=O)c2cccc(C(F)(F)F)c2)CC1.O=C(O)CC=C(c1ccc(F)cc1)c1ccc(F)cc1.O=S(=O)(c1cccc(C(F)(F)F)c1)N(C1CCNCC1)C1CC1. The Kier molecular flexibility index (Phi) is 20.6. The molecule has 6 aromatic carbocycles. The molecule has 2 aliphatic carbocycles. The summed E-state index contributed by atoms with van der Waals surface area (Å²) in [7, 11) is -8.09. The van der Waals surface area contributed by atoms with Crippen molar-refractivity contribution in [3.63, 3.8) is 0 Å². The number of nitrogens with zero attached hydrogens (tertiary/aromatic N) is 3. The molecule has 0 atom stereocenters. The smallest absolute Gasteiger partial charge is 0.416 e. The van der Waals surface area contributed by atoms with Gasteiger partial charge in [0, 0.05) is 43.7 Å². The molecule has 23 heteroatoms. The number of carboxylic acid groups (broad SMARTS) is 1. The van der Waals surface area contributed by atoms with Gasteiger partial charge >= 0.3 is 18.3 Å². The van der Waals surface area contributed by atoms with Crippen LogP contribution in [0.4, 0.5) is 43.9 Å². The van der Waals surface area contributed by atoms with Crippen LogP contribution in [0.15, 0.2) is 168 Å². The van der Waals surface area contributed by atoms with E-state index in [4.69, 9.17) is 5.11 Å². The van der Waals surface area contributed by atoms with Crippen LogP contribution >= 0.6 is 0 Å². The number of benzene rings is 6. The number of nitrogens with one attached hydrogen (secondary N) is 1. The van der Waals surface area contributed by atoms with Crippen LogP contribution < -0.4 is 5.32 Å². The van der Waals surface area contributed by atoms with E-state index < -0.39 is 67.2 Å². The Hall–Kier alpha value is -7.18. The number of likely N-dealkylation sites (tertiary alicyclic amines) is 1. The van der Waals surface area contributed by atoms with Crippen molar-refractivity contribution in [2.24, 2.45) is 0 Å². The zero-order valence-electron chi connectivity index (χ0n) is 45.6. The van der Waals surface area contributed by atoms with E-state index in [0.29, 0.717) is 91.1 Å². The van der Waals surface area contributed by atoms with Crippen LogP contribution in [0.3, 0.4) is 0 Å². The fourth-order valence-electron chi connectivity index (χ4n) is 10.2. The Morgan fingerprint density at radius 1 is 0.482 bits per heavy atom. The number of rotatable bonds is 16. The standard InChI is InChI=1S/C31H29F5N2O3S.C16H12F2O2.C15H19F3N2O2S/c32-24-8-4-21(5-9-24)29(22-6-10-25(33)11-7-22)14-15-30(39)37-18-16-27(17-19-37)38(26-12-13-26)42(40,41)28-3-1-2-23(20-28)31(34,35)36;17-13-5-1-11(2-6-13)15(9-10-16(19)20)12-3-7-14(18)8-4-12;16-15(17,18)11-2-1-3-14(10-11)23(21,22)20(12-4-5-12)13-6-8-19-9-7-13/h1-11,14,20,26-27H,12-13,15-19H2;1-9H,10H2,(H,19,20);1-3,10,12-13,19H,4-9H2. The summed E-state index contributed by atoms with van der Waals surface area (Å²) in [5.41, 5.74) is 2.01. The minimum absolute atomic E-state index is 0.0175. The van der Waals surface area contributed by atoms with E-state index in [0.717, 1.165) is 56.3 Å². The van der Waals surface area contributed by atoms with E-state index in [-0.39, 0.29) is 58.3 Å². The van der Waals surface area contributed by atoms with Crippen LogP contribution in [0.25, 0.3) is 11.1 Å². The van der Waals surface area contributed by atoms with E-state index in [1.807, 2.05) is 0 Å². The van der Waals surface area contributed by atoms with Gasteiger partial charge in [0.2, 0.25) is 26.0 Å². The number of aliphatic carboxylic acids is 1. The summed E-state index contributed by atoms with van der Waals surface area (Å²) >= 11 is 0. The van der Waals surface area contributed by atoms with Crippen LogP contribution in [0.2, 0.25) is 0 Å². The summed E-state index contributed by atoms with van der Waals surface area (Å²) in [6.07, 6.45) is -1.20. The second-order valence-electron chi connectivity index (χ2n) is 20.8. The molecule has 2 saturated heterocycles. The molecule has 0 bridgehead atoms. The second kappa shape index (κ2) is 27.5. The summed E-state index contributed by atoms with van der Waals surface area (Å²) < 4.78 is 187. The Morgan fingerprint density at radius 2 is 0.800 bits per heavy atom. The molecule has 85 heavy (non-hydrogen) atoms. The molecular formula is C62H60F10N4O7S2.